The molecule has 1 aliphatic carbocycles. The van der Waals surface area contributed by atoms with E-state index >= 15 is 0 Å². The van der Waals surface area contributed by atoms with Crippen molar-refractivity contribution in [3.05, 3.63) is 0 Å². The average molecular weight is 219 g/mol. The lowest BCUT2D eigenvalue weighted by Gasteiger charge is -2.41. The highest BCUT2D eigenvalue weighted by Gasteiger charge is 2.39. The van der Waals surface area contributed by atoms with Crippen LogP contribution in [0.4, 0.5) is 0 Å². The summed E-state index contributed by atoms with van der Waals surface area (Å²) in [6.45, 7) is 0.903. The molecule has 0 aromatic carbocycles. The lowest BCUT2D eigenvalue weighted by molar-refractivity contribution is -0.0457. The van der Waals surface area contributed by atoms with Crippen molar-refractivity contribution in [2.75, 3.05) is 18.8 Å². The van der Waals surface area contributed by atoms with Crippen LogP contribution in [0, 0.1) is 0 Å². The maximum absolute atomic E-state index is 11.6. The standard InChI is InChI=1S/C9H17NO3S/c11-9(4-3-5-9)8-10-6-1-2-7-14(10,12)13/h11H,1-8H2. The van der Waals surface area contributed by atoms with Crippen molar-refractivity contribution in [2.24, 2.45) is 0 Å². The molecule has 0 aromatic rings. The van der Waals surface area contributed by atoms with Gasteiger partial charge in [-0.15, -0.1) is 0 Å². The van der Waals surface area contributed by atoms with Crippen molar-refractivity contribution in [2.45, 2.75) is 37.7 Å². The zero-order valence-corrected chi connectivity index (χ0v) is 9.09. The van der Waals surface area contributed by atoms with Gasteiger partial charge in [-0.2, -0.15) is 4.31 Å². The van der Waals surface area contributed by atoms with Crippen molar-refractivity contribution in [3.8, 4) is 0 Å². The van der Waals surface area contributed by atoms with Gasteiger partial charge in [0, 0.05) is 13.1 Å². The molecular formula is C9H17NO3S. The van der Waals surface area contributed by atoms with E-state index in [-0.39, 0.29) is 5.75 Å². The van der Waals surface area contributed by atoms with E-state index < -0.39 is 15.6 Å². The molecule has 0 unspecified atom stereocenters. The first kappa shape index (κ1) is 10.4. The Balaban J connectivity index is 2.02. The Morgan fingerprint density at radius 3 is 2.43 bits per heavy atom. The number of hydrogen-bond donors (Lipinski definition) is 1. The second kappa shape index (κ2) is 3.47. The molecule has 0 atom stereocenters. The van der Waals surface area contributed by atoms with Crippen molar-refractivity contribution in [1.82, 2.24) is 4.31 Å². The number of β-amino-alcohol motifs (C(OH)–C–C–N with tert-alkyl or cyclic N) is 1. The normalized spacial score (nSPS) is 30.9. The molecule has 0 aromatic heterocycles. The van der Waals surface area contributed by atoms with Crippen molar-refractivity contribution >= 4 is 10.0 Å². The molecule has 14 heavy (non-hydrogen) atoms. The minimum Gasteiger partial charge on any atom is -0.389 e. The molecule has 2 rings (SSSR count). The zero-order chi connectivity index (χ0) is 10.2. The summed E-state index contributed by atoms with van der Waals surface area (Å²) in [7, 11) is -3.06. The first-order valence-corrected chi connectivity index (χ1v) is 6.83. The number of hydrogen-bond acceptors (Lipinski definition) is 3. The first-order valence-electron chi connectivity index (χ1n) is 5.22. The van der Waals surface area contributed by atoms with E-state index in [0.717, 1.165) is 32.1 Å². The smallest absolute Gasteiger partial charge is 0.214 e. The second-order valence-electron chi connectivity index (χ2n) is 4.43. The summed E-state index contributed by atoms with van der Waals surface area (Å²) in [5.74, 6) is 0.253. The molecule has 1 saturated heterocycles. The van der Waals surface area contributed by atoms with E-state index in [4.69, 9.17) is 0 Å². The fourth-order valence-corrected chi connectivity index (χ4v) is 3.76. The molecule has 82 valence electrons. The Bertz CT molecular complexity index is 308. The summed E-state index contributed by atoms with van der Waals surface area (Å²) >= 11 is 0. The van der Waals surface area contributed by atoms with Crippen LogP contribution in [0.3, 0.4) is 0 Å². The van der Waals surface area contributed by atoms with Crippen LogP contribution in [0.25, 0.3) is 0 Å². The van der Waals surface area contributed by atoms with Gasteiger partial charge < -0.3 is 5.11 Å². The van der Waals surface area contributed by atoms with Gasteiger partial charge in [-0.25, -0.2) is 8.42 Å². The van der Waals surface area contributed by atoms with Gasteiger partial charge in [0.05, 0.1) is 11.4 Å². The maximum Gasteiger partial charge on any atom is 0.214 e. The van der Waals surface area contributed by atoms with E-state index in [1.807, 2.05) is 0 Å². The predicted octanol–water partition coefficient (Wildman–Crippen LogP) is 0.327. The molecule has 0 bridgehead atoms. The molecule has 1 saturated carbocycles. The van der Waals surface area contributed by atoms with E-state index in [1.54, 1.807) is 0 Å². The topological polar surface area (TPSA) is 57.6 Å². The fraction of sp³-hybridized carbons (Fsp3) is 1.00. The molecular weight excluding hydrogens is 202 g/mol. The van der Waals surface area contributed by atoms with Crippen LogP contribution in [-0.2, 0) is 10.0 Å². The molecule has 1 N–H and O–H groups in total. The Morgan fingerprint density at radius 2 is 1.93 bits per heavy atom. The number of sulfonamides is 1. The summed E-state index contributed by atoms with van der Waals surface area (Å²) in [5, 5.41) is 9.89. The largest absolute Gasteiger partial charge is 0.389 e. The van der Waals surface area contributed by atoms with Gasteiger partial charge in [-0.1, -0.05) is 0 Å². The third-order valence-corrected chi connectivity index (χ3v) is 5.11. The summed E-state index contributed by atoms with van der Waals surface area (Å²) in [4.78, 5) is 0. The first-order chi connectivity index (χ1) is 6.52. The van der Waals surface area contributed by atoms with Gasteiger partial charge in [0.1, 0.15) is 0 Å². The van der Waals surface area contributed by atoms with Crippen LogP contribution >= 0.6 is 0 Å². The van der Waals surface area contributed by atoms with Crippen LogP contribution < -0.4 is 0 Å². The van der Waals surface area contributed by atoms with Crippen LogP contribution in [0.15, 0.2) is 0 Å². The third kappa shape index (κ3) is 1.94. The Morgan fingerprint density at radius 1 is 1.21 bits per heavy atom. The van der Waals surface area contributed by atoms with Gasteiger partial charge in [0.15, 0.2) is 0 Å². The molecule has 0 spiro atoms. The highest BCUT2D eigenvalue weighted by Crippen LogP contribution is 2.33. The van der Waals surface area contributed by atoms with Gasteiger partial charge >= 0.3 is 0 Å². The second-order valence-corrected chi connectivity index (χ2v) is 6.52. The monoisotopic (exact) mass is 219 g/mol. The van der Waals surface area contributed by atoms with Gasteiger partial charge in [0.2, 0.25) is 10.0 Å². The van der Waals surface area contributed by atoms with Crippen LogP contribution in [0.5, 0.6) is 0 Å². The summed E-state index contributed by atoms with van der Waals surface area (Å²) in [5.41, 5.74) is -0.718. The SMILES string of the molecule is O=S1(=O)CCCCN1CC1(O)CCC1. The molecule has 0 radical (unpaired) electrons. The van der Waals surface area contributed by atoms with Crippen LogP contribution in [0.1, 0.15) is 32.1 Å². The van der Waals surface area contributed by atoms with E-state index in [2.05, 4.69) is 0 Å². The van der Waals surface area contributed by atoms with Crippen molar-refractivity contribution in [1.29, 1.82) is 0 Å². The predicted molar refractivity (Wildman–Crippen MR) is 53.4 cm³/mol. The Labute approximate surface area is 85.0 Å². The summed E-state index contributed by atoms with van der Waals surface area (Å²) in [6.07, 6.45) is 4.20. The molecule has 5 heteroatoms. The van der Waals surface area contributed by atoms with Crippen LogP contribution in [-0.4, -0.2) is 42.3 Å². The fourth-order valence-electron chi connectivity index (χ4n) is 2.09. The minimum atomic E-state index is -3.06. The zero-order valence-electron chi connectivity index (χ0n) is 8.28. The summed E-state index contributed by atoms with van der Waals surface area (Å²) < 4.78 is 24.7. The lowest BCUT2D eigenvalue weighted by atomic mass is 9.80. The number of aliphatic hydroxyl groups is 1. The Hall–Kier alpha value is -0.130. The third-order valence-electron chi connectivity index (χ3n) is 3.21. The molecule has 1 heterocycles. The molecule has 4 nitrogen and oxygen atoms in total. The van der Waals surface area contributed by atoms with Gasteiger partial charge in [-0.3, -0.25) is 0 Å². The molecule has 2 fully saturated rings. The summed E-state index contributed by atoms with van der Waals surface area (Å²) in [6, 6.07) is 0. The van der Waals surface area contributed by atoms with Gasteiger partial charge in [-0.05, 0) is 32.1 Å². The van der Waals surface area contributed by atoms with E-state index in [1.165, 1.54) is 4.31 Å². The Kier molecular flexibility index (Phi) is 2.57. The van der Waals surface area contributed by atoms with Crippen molar-refractivity contribution in [3.63, 3.8) is 0 Å². The van der Waals surface area contributed by atoms with Crippen molar-refractivity contribution < 1.29 is 13.5 Å². The van der Waals surface area contributed by atoms with Gasteiger partial charge in [0.25, 0.3) is 0 Å². The van der Waals surface area contributed by atoms with E-state index in [9.17, 15) is 13.5 Å². The molecule has 2 aliphatic rings. The highest BCUT2D eigenvalue weighted by molar-refractivity contribution is 7.89. The highest BCUT2D eigenvalue weighted by atomic mass is 32.2. The molecule has 0 amide bonds. The minimum absolute atomic E-state index is 0.253. The molecule has 1 aliphatic heterocycles. The quantitative estimate of drug-likeness (QED) is 0.728. The average Bonchev–Trinajstić information content (AvgIpc) is 2.06. The number of rotatable bonds is 2. The van der Waals surface area contributed by atoms with Crippen LogP contribution in [0.2, 0.25) is 0 Å². The number of nitrogens with zero attached hydrogens (tertiary/aromatic N) is 1. The van der Waals surface area contributed by atoms with E-state index in [0.29, 0.717) is 13.1 Å². The maximum atomic E-state index is 11.6. The lowest BCUT2D eigenvalue weighted by Crippen LogP contribution is -2.51.